The summed E-state index contributed by atoms with van der Waals surface area (Å²) in [5.74, 6) is 0.427. The summed E-state index contributed by atoms with van der Waals surface area (Å²) >= 11 is 1.34. The first-order valence-corrected chi connectivity index (χ1v) is 9.75. The zero-order valence-electron chi connectivity index (χ0n) is 15.9. The lowest BCUT2D eigenvalue weighted by Gasteiger charge is -2.05. The molecule has 1 amide bonds. The van der Waals surface area contributed by atoms with Gasteiger partial charge in [0.05, 0.1) is 19.3 Å². The Kier molecular flexibility index (Phi) is 5.09. The van der Waals surface area contributed by atoms with Crippen molar-refractivity contribution in [2.24, 2.45) is 0 Å². The molecule has 0 aliphatic heterocycles. The molecule has 0 radical (unpaired) electrons. The smallest absolute Gasteiger partial charge is 0.275 e. The number of ether oxygens (including phenoxy) is 1. The van der Waals surface area contributed by atoms with Gasteiger partial charge in [0, 0.05) is 17.2 Å². The minimum atomic E-state index is -0.278. The fourth-order valence-corrected chi connectivity index (χ4v) is 3.90. The molecule has 0 fully saturated rings. The Morgan fingerprint density at radius 2 is 1.93 bits per heavy atom. The van der Waals surface area contributed by atoms with Crippen molar-refractivity contribution in [3.8, 4) is 16.3 Å². The van der Waals surface area contributed by atoms with E-state index in [0.29, 0.717) is 22.0 Å². The number of methoxy groups -OCH3 is 1. The number of amides is 1. The van der Waals surface area contributed by atoms with E-state index in [1.807, 2.05) is 31.2 Å². The second-order valence-electron chi connectivity index (χ2n) is 6.41. The van der Waals surface area contributed by atoms with Crippen LogP contribution in [0.3, 0.4) is 0 Å². The van der Waals surface area contributed by atoms with Crippen molar-refractivity contribution in [1.29, 1.82) is 0 Å². The van der Waals surface area contributed by atoms with Crippen LogP contribution in [0.2, 0.25) is 0 Å². The summed E-state index contributed by atoms with van der Waals surface area (Å²) in [7, 11) is 1.57. The lowest BCUT2D eigenvalue weighted by Crippen LogP contribution is -2.25. The monoisotopic (exact) mass is 406 g/mol. The molecule has 2 aromatic heterocycles. The molecule has 2 heterocycles. The van der Waals surface area contributed by atoms with Crippen LogP contribution in [-0.2, 0) is 6.54 Å². The van der Waals surface area contributed by atoms with Gasteiger partial charge in [-0.1, -0.05) is 35.6 Å². The molecule has 2 aromatic carbocycles. The number of aryl methyl sites for hydroxylation is 1. The first-order valence-electron chi connectivity index (χ1n) is 8.93. The van der Waals surface area contributed by atoms with Gasteiger partial charge >= 0.3 is 0 Å². The first kappa shape index (κ1) is 18.8. The van der Waals surface area contributed by atoms with E-state index < -0.39 is 0 Å². The number of fused-ring (bicyclic) bond motifs is 1. The third-order valence-electron chi connectivity index (χ3n) is 4.46. The molecular weight excluding hydrogens is 388 g/mol. The van der Waals surface area contributed by atoms with Crippen LogP contribution in [0.25, 0.3) is 15.5 Å². The lowest BCUT2D eigenvalue weighted by molar-refractivity contribution is 0.0950. The molecule has 0 atom stereocenters. The van der Waals surface area contributed by atoms with Gasteiger partial charge in [-0.3, -0.25) is 9.59 Å². The normalized spacial score (nSPS) is 10.8. The van der Waals surface area contributed by atoms with E-state index >= 15 is 0 Å². The van der Waals surface area contributed by atoms with Gasteiger partial charge in [-0.25, -0.2) is 4.98 Å². The lowest BCUT2D eigenvalue weighted by atomic mass is 10.1. The van der Waals surface area contributed by atoms with Crippen molar-refractivity contribution in [2.75, 3.05) is 7.11 Å². The third-order valence-corrected chi connectivity index (χ3v) is 5.40. The maximum absolute atomic E-state index is 12.5. The molecular formula is C21H18N4O3S. The van der Waals surface area contributed by atoms with Crippen molar-refractivity contribution in [2.45, 2.75) is 13.5 Å². The van der Waals surface area contributed by atoms with Crippen molar-refractivity contribution in [3.63, 3.8) is 0 Å². The van der Waals surface area contributed by atoms with Gasteiger partial charge in [-0.15, -0.1) is 0 Å². The second-order valence-corrected chi connectivity index (χ2v) is 7.37. The number of nitrogens with zero attached hydrogens (tertiary/aromatic N) is 3. The number of hydrogen-bond acceptors (Lipinski definition) is 6. The van der Waals surface area contributed by atoms with Crippen LogP contribution in [0.1, 0.15) is 21.6 Å². The standard InChI is InChI=1S/C21H18N4O3S/c1-13-5-3-4-6-17(13)20-24-25-18(26)11-15(23-21(25)29-20)12-22-19(27)14-7-9-16(28-2)10-8-14/h3-11H,12H2,1-2H3,(H,22,27). The highest BCUT2D eigenvalue weighted by atomic mass is 32.1. The number of rotatable bonds is 5. The molecule has 0 bridgehead atoms. The van der Waals surface area contributed by atoms with E-state index in [1.54, 1.807) is 31.4 Å². The van der Waals surface area contributed by atoms with Gasteiger partial charge in [0.2, 0.25) is 4.96 Å². The summed E-state index contributed by atoms with van der Waals surface area (Å²) in [5.41, 5.74) is 2.75. The average molecular weight is 406 g/mol. The highest BCUT2D eigenvalue weighted by Gasteiger charge is 2.13. The third kappa shape index (κ3) is 3.88. The zero-order valence-corrected chi connectivity index (χ0v) is 16.7. The summed E-state index contributed by atoms with van der Waals surface area (Å²) in [6.45, 7) is 2.14. The van der Waals surface area contributed by atoms with Crippen LogP contribution in [0, 0.1) is 6.92 Å². The maximum Gasteiger partial charge on any atom is 0.275 e. The number of carbonyl (C=O) groups excluding carboxylic acids is 1. The fraction of sp³-hybridized carbons (Fsp3) is 0.143. The maximum atomic E-state index is 12.5. The number of hydrogen-bond donors (Lipinski definition) is 1. The van der Waals surface area contributed by atoms with Gasteiger partial charge < -0.3 is 10.1 Å². The second kappa shape index (κ2) is 7.84. The van der Waals surface area contributed by atoms with Crippen LogP contribution < -0.4 is 15.6 Å². The van der Waals surface area contributed by atoms with Gasteiger partial charge in [0.25, 0.3) is 11.5 Å². The molecule has 8 heteroatoms. The molecule has 4 aromatic rings. The fourth-order valence-electron chi connectivity index (χ4n) is 2.88. The quantitative estimate of drug-likeness (QED) is 0.551. The molecule has 0 aliphatic carbocycles. The Hall–Kier alpha value is -3.52. The summed E-state index contributed by atoms with van der Waals surface area (Å²) in [6, 6.07) is 16.0. The Labute approximate surface area is 170 Å². The predicted octanol–water partition coefficient (Wildman–Crippen LogP) is 3.07. The van der Waals surface area contributed by atoms with E-state index in [9.17, 15) is 9.59 Å². The van der Waals surface area contributed by atoms with E-state index in [-0.39, 0.29) is 18.0 Å². The summed E-state index contributed by atoms with van der Waals surface area (Å²) < 4.78 is 6.38. The molecule has 0 aliphatic rings. The van der Waals surface area contributed by atoms with Crippen molar-refractivity contribution < 1.29 is 9.53 Å². The van der Waals surface area contributed by atoms with Gasteiger partial charge in [-0.05, 0) is 36.8 Å². The van der Waals surface area contributed by atoms with Crippen molar-refractivity contribution in [3.05, 3.63) is 81.8 Å². The van der Waals surface area contributed by atoms with E-state index in [4.69, 9.17) is 4.74 Å². The average Bonchev–Trinajstić information content (AvgIpc) is 3.17. The Balaban J connectivity index is 1.56. The van der Waals surface area contributed by atoms with Gasteiger partial charge in [-0.2, -0.15) is 9.61 Å². The van der Waals surface area contributed by atoms with Crippen molar-refractivity contribution >= 4 is 22.2 Å². The van der Waals surface area contributed by atoms with Crippen molar-refractivity contribution in [1.82, 2.24) is 19.9 Å². The zero-order chi connectivity index (χ0) is 20.4. The predicted molar refractivity (Wildman–Crippen MR) is 111 cm³/mol. The van der Waals surface area contributed by atoms with Gasteiger partial charge in [0.15, 0.2) is 0 Å². The largest absolute Gasteiger partial charge is 0.497 e. The van der Waals surface area contributed by atoms with E-state index in [1.165, 1.54) is 21.9 Å². The molecule has 1 N–H and O–H groups in total. The number of aromatic nitrogens is 3. The molecule has 0 spiro atoms. The molecule has 0 saturated carbocycles. The topological polar surface area (TPSA) is 85.6 Å². The highest BCUT2D eigenvalue weighted by molar-refractivity contribution is 7.19. The number of nitrogens with one attached hydrogen (secondary N) is 1. The first-order chi connectivity index (χ1) is 14.0. The van der Waals surface area contributed by atoms with Crippen LogP contribution in [0.5, 0.6) is 5.75 Å². The molecule has 4 rings (SSSR count). The molecule has 0 unspecified atom stereocenters. The Bertz CT molecular complexity index is 1250. The van der Waals surface area contributed by atoms with E-state index in [2.05, 4.69) is 15.4 Å². The minimum absolute atomic E-state index is 0.147. The Morgan fingerprint density at radius 1 is 1.17 bits per heavy atom. The Morgan fingerprint density at radius 3 is 2.66 bits per heavy atom. The summed E-state index contributed by atoms with van der Waals surface area (Å²) in [6.07, 6.45) is 0. The molecule has 7 nitrogen and oxygen atoms in total. The number of benzene rings is 2. The SMILES string of the molecule is COc1ccc(C(=O)NCc2cc(=O)n3nc(-c4ccccc4C)sc3n2)cc1. The van der Waals surface area contributed by atoms with Crippen LogP contribution >= 0.6 is 11.3 Å². The van der Waals surface area contributed by atoms with E-state index in [0.717, 1.165) is 16.1 Å². The highest BCUT2D eigenvalue weighted by Crippen LogP contribution is 2.26. The van der Waals surface area contributed by atoms with Crippen LogP contribution in [0.4, 0.5) is 0 Å². The molecule has 0 saturated heterocycles. The summed E-state index contributed by atoms with van der Waals surface area (Å²) in [5, 5.41) is 7.92. The van der Waals surface area contributed by atoms with Crippen LogP contribution in [-0.4, -0.2) is 27.6 Å². The molecule has 29 heavy (non-hydrogen) atoms. The molecule has 146 valence electrons. The minimum Gasteiger partial charge on any atom is -0.497 e. The van der Waals surface area contributed by atoms with Gasteiger partial charge in [0.1, 0.15) is 10.8 Å². The summed E-state index contributed by atoms with van der Waals surface area (Å²) in [4.78, 5) is 29.8. The number of carbonyl (C=O) groups is 1. The van der Waals surface area contributed by atoms with Crippen LogP contribution in [0.15, 0.2) is 59.4 Å².